The lowest BCUT2D eigenvalue weighted by Crippen LogP contribution is -2.38. The molecular formula is C11H14F2N2O3S. The normalized spacial score (nSPS) is 23.1. The fourth-order valence-electron chi connectivity index (χ4n) is 1.93. The van der Waals surface area contributed by atoms with Crippen LogP contribution in [0.15, 0.2) is 17.0 Å². The van der Waals surface area contributed by atoms with Crippen LogP contribution in [0.1, 0.15) is 12.8 Å². The fraction of sp³-hybridized carbons (Fsp3) is 0.455. The van der Waals surface area contributed by atoms with Crippen molar-refractivity contribution in [1.82, 2.24) is 4.72 Å². The van der Waals surface area contributed by atoms with Crippen LogP contribution in [-0.2, 0) is 10.0 Å². The number of rotatable bonds is 4. The van der Waals surface area contributed by atoms with Gasteiger partial charge in [0, 0.05) is 6.54 Å². The van der Waals surface area contributed by atoms with Crippen LogP contribution in [0.5, 0.6) is 0 Å². The molecule has 1 fully saturated rings. The van der Waals surface area contributed by atoms with Gasteiger partial charge in [-0.05, 0) is 30.9 Å². The van der Waals surface area contributed by atoms with E-state index in [-0.39, 0.29) is 12.5 Å². The second-order valence-electron chi connectivity index (χ2n) is 4.62. The third-order valence-corrected chi connectivity index (χ3v) is 4.59. The number of nitrogen functional groups attached to an aromatic ring is 1. The van der Waals surface area contributed by atoms with E-state index in [0.29, 0.717) is 12.8 Å². The molecule has 8 heteroatoms. The molecule has 1 aromatic carbocycles. The molecule has 0 aliphatic heterocycles. The van der Waals surface area contributed by atoms with Gasteiger partial charge >= 0.3 is 0 Å². The number of benzene rings is 1. The molecule has 0 aromatic heterocycles. The molecule has 0 saturated heterocycles. The molecule has 0 atom stereocenters. The standard InChI is InChI=1S/C11H14F2N2O3S/c12-8-1-2-9(10(13)11(8)14)19(17,18)15-5-6-3-7(16)4-6/h1-2,6-7,15-16H,3-5,14H2. The summed E-state index contributed by atoms with van der Waals surface area (Å²) in [6.07, 6.45) is 0.625. The Balaban J connectivity index is 2.13. The second kappa shape index (κ2) is 5.03. The quantitative estimate of drug-likeness (QED) is 0.708. The zero-order valence-corrected chi connectivity index (χ0v) is 10.8. The monoisotopic (exact) mass is 292 g/mol. The number of hydrogen-bond acceptors (Lipinski definition) is 4. The molecule has 0 unspecified atom stereocenters. The van der Waals surface area contributed by atoms with Gasteiger partial charge in [0.25, 0.3) is 0 Å². The van der Waals surface area contributed by atoms with Gasteiger partial charge < -0.3 is 10.8 Å². The van der Waals surface area contributed by atoms with E-state index >= 15 is 0 Å². The molecule has 0 heterocycles. The van der Waals surface area contributed by atoms with Crippen LogP contribution in [0.4, 0.5) is 14.5 Å². The summed E-state index contributed by atoms with van der Waals surface area (Å²) in [5, 5.41) is 9.08. The van der Waals surface area contributed by atoms with Crippen LogP contribution in [0.25, 0.3) is 0 Å². The van der Waals surface area contributed by atoms with Crippen molar-refractivity contribution >= 4 is 15.7 Å². The summed E-state index contributed by atoms with van der Waals surface area (Å²) in [5.41, 5.74) is 4.30. The molecular weight excluding hydrogens is 278 g/mol. The molecule has 0 amide bonds. The minimum Gasteiger partial charge on any atom is -0.394 e. The highest BCUT2D eigenvalue weighted by Crippen LogP contribution is 2.27. The van der Waals surface area contributed by atoms with Crippen LogP contribution in [-0.4, -0.2) is 26.2 Å². The van der Waals surface area contributed by atoms with Crippen LogP contribution < -0.4 is 10.5 Å². The zero-order valence-electron chi connectivity index (χ0n) is 9.94. The van der Waals surface area contributed by atoms with Crippen molar-refractivity contribution in [2.24, 2.45) is 5.92 Å². The second-order valence-corrected chi connectivity index (χ2v) is 6.35. The van der Waals surface area contributed by atoms with E-state index in [1.54, 1.807) is 0 Å². The summed E-state index contributed by atoms with van der Waals surface area (Å²) in [5.74, 6) is -2.26. The largest absolute Gasteiger partial charge is 0.394 e. The maximum atomic E-state index is 13.6. The number of sulfonamides is 1. The van der Waals surface area contributed by atoms with Crippen LogP contribution in [0.3, 0.4) is 0 Å². The third-order valence-electron chi connectivity index (χ3n) is 3.15. The van der Waals surface area contributed by atoms with E-state index in [9.17, 15) is 17.2 Å². The molecule has 1 aliphatic rings. The summed E-state index contributed by atoms with van der Waals surface area (Å²) in [6.45, 7) is 0.107. The Hall–Kier alpha value is -1.25. The van der Waals surface area contributed by atoms with E-state index < -0.39 is 38.3 Å². The van der Waals surface area contributed by atoms with E-state index in [1.165, 1.54) is 0 Å². The third kappa shape index (κ3) is 2.85. The summed E-state index contributed by atoms with van der Waals surface area (Å²) < 4.78 is 52.5. The lowest BCUT2D eigenvalue weighted by Gasteiger charge is -2.31. The van der Waals surface area contributed by atoms with Gasteiger partial charge in [-0.25, -0.2) is 21.9 Å². The Morgan fingerprint density at radius 1 is 1.37 bits per heavy atom. The molecule has 2 rings (SSSR count). The summed E-state index contributed by atoms with van der Waals surface area (Å²) in [4.78, 5) is -0.675. The minimum atomic E-state index is -4.07. The summed E-state index contributed by atoms with van der Waals surface area (Å²) in [7, 11) is -4.07. The van der Waals surface area contributed by atoms with E-state index in [4.69, 9.17) is 10.8 Å². The van der Waals surface area contributed by atoms with Crippen molar-refractivity contribution in [2.75, 3.05) is 12.3 Å². The summed E-state index contributed by atoms with van der Waals surface area (Å²) >= 11 is 0. The van der Waals surface area contributed by atoms with Crippen LogP contribution in [0, 0.1) is 17.6 Å². The van der Waals surface area contributed by atoms with Gasteiger partial charge in [-0.1, -0.05) is 0 Å². The molecule has 1 aliphatic carbocycles. The average molecular weight is 292 g/mol. The SMILES string of the molecule is Nc1c(F)ccc(S(=O)(=O)NCC2CC(O)C2)c1F. The highest BCUT2D eigenvalue weighted by molar-refractivity contribution is 7.89. The summed E-state index contributed by atoms with van der Waals surface area (Å²) in [6, 6.07) is 1.64. The van der Waals surface area contributed by atoms with Gasteiger partial charge in [0.2, 0.25) is 10.0 Å². The molecule has 1 saturated carbocycles. The van der Waals surface area contributed by atoms with Gasteiger partial charge in [-0.2, -0.15) is 0 Å². The average Bonchev–Trinajstić information content (AvgIpc) is 2.30. The number of aliphatic hydroxyl groups excluding tert-OH is 1. The first kappa shape index (κ1) is 14.2. The smallest absolute Gasteiger partial charge is 0.243 e. The number of anilines is 1. The molecule has 0 bridgehead atoms. The molecule has 19 heavy (non-hydrogen) atoms. The van der Waals surface area contributed by atoms with Gasteiger partial charge in [0.1, 0.15) is 16.4 Å². The lowest BCUT2D eigenvalue weighted by atomic mass is 9.83. The van der Waals surface area contributed by atoms with Crippen LogP contribution in [0.2, 0.25) is 0 Å². The minimum absolute atomic E-state index is 0.0330. The number of hydrogen-bond donors (Lipinski definition) is 3. The molecule has 106 valence electrons. The van der Waals surface area contributed by atoms with Gasteiger partial charge in [0.15, 0.2) is 5.82 Å². The first-order chi connectivity index (χ1) is 8.81. The Labute approximate surface area is 109 Å². The predicted molar refractivity (Wildman–Crippen MR) is 64.7 cm³/mol. The van der Waals surface area contributed by atoms with E-state index in [0.717, 1.165) is 12.1 Å². The van der Waals surface area contributed by atoms with Gasteiger partial charge in [0.05, 0.1) is 6.10 Å². The van der Waals surface area contributed by atoms with Crippen molar-refractivity contribution in [3.8, 4) is 0 Å². The number of nitrogens with two attached hydrogens (primary N) is 1. The van der Waals surface area contributed by atoms with Crippen molar-refractivity contribution < 1.29 is 22.3 Å². The van der Waals surface area contributed by atoms with Crippen molar-refractivity contribution in [1.29, 1.82) is 0 Å². The zero-order chi connectivity index (χ0) is 14.2. The van der Waals surface area contributed by atoms with E-state index in [1.807, 2.05) is 0 Å². The molecule has 0 spiro atoms. The topological polar surface area (TPSA) is 92.4 Å². The lowest BCUT2D eigenvalue weighted by molar-refractivity contribution is 0.0453. The van der Waals surface area contributed by atoms with Crippen molar-refractivity contribution in [3.05, 3.63) is 23.8 Å². The Bertz CT molecular complexity index is 586. The highest BCUT2D eigenvalue weighted by atomic mass is 32.2. The van der Waals surface area contributed by atoms with E-state index in [2.05, 4.69) is 4.72 Å². The van der Waals surface area contributed by atoms with Gasteiger partial charge in [-0.3, -0.25) is 0 Å². The molecule has 0 radical (unpaired) electrons. The molecule has 4 N–H and O–H groups in total. The molecule has 5 nitrogen and oxygen atoms in total. The number of nitrogens with one attached hydrogen (secondary N) is 1. The van der Waals surface area contributed by atoms with Crippen molar-refractivity contribution in [2.45, 2.75) is 23.8 Å². The maximum absolute atomic E-state index is 13.6. The predicted octanol–water partition coefficient (Wildman–Crippen LogP) is 0.596. The molecule has 1 aromatic rings. The Morgan fingerprint density at radius 3 is 2.58 bits per heavy atom. The number of halogens is 2. The van der Waals surface area contributed by atoms with Crippen LogP contribution >= 0.6 is 0 Å². The number of aliphatic hydroxyl groups is 1. The maximum Gasteiger partial charge on any atom is 0.243 e. The first-order valence-corrected chi connectivity index (χ1v) is 7.21. The Morgan fingerprint density at radius 2 is 2.00 bits per heavy atom. The first-order valence-electron chi connectivity index (χ1n) is 5.72. The Kier molecular flexibility index (Phi) is 3.75. The van der Waals surface area contributed by atoms with Gasteiger partial charge in [-0.15, -0.1) is 0 Å². The van der Waals surface area contributed by atoms with Crippen molar-refractivity contribution in [3.63, 3.8) is 0 Å². The highest BCUT2D eigenvalue weighted by Gasteiger charge is 2.29. The fourth-order valence-corrected chi connectivity index (χ4v) is 3.13.